The van der Waals surface area contributed by atoms with E-state index in [-0.39, 0.29) is 6.35 Å². The number of rotatable bonds is 3. The van der Waals surface area contributed by atoms with Crippen LogP contribution in [0.3, 0.4) is 0 Å². The third-order valence-corrected chi connectivity index (χ3v) is 4.40. The maximum absolute atomic E-state index is 9.46. The summed E-state index contributed by atoms with van der Waals surface area (Å²) in [6.07, 6.45) is 0.212. The maximum atomic E-state index is 9.46. The molecule has 0 heterocycles. The first-order chi connectivity index (χ1) is 7.42. The van der Waals surface area contributed by atoms with E-state index in [0.717, 1.165) is 0 Å². The highest BCUT2D eigenvalue weighted by Crippen LogP contribution is 2.31. The summed E-state index contributed by atoms with van der Waals surface area (Å²) in [7, 11) is -0.593. The second-order valence-electron chi connectivity index (χ2n) is 3.24. The van der Waals surface area contributed by atoms with Crippen molar-refractivity contribution in [2.75, 3.05) is 6.35 Å². The summed E-state index contributed by atoms with van der Waals surface area (Å²) in [4.78, 5) is 0. The van der Waals surface area contributed by atoms with Crippen LogP contribution in [0.25, 0.3) is 0 Å². The molecule has 0 fully saturated rings. The van der Waals surface area contributed by atoms with E-state index in [9.17, 15) is 5.11 Å². The molecule has 0 radical (unpaired) electrons. The lowest BCUT2D eigenvalue weighted by molar-refractivity contribution is 0.372. The lowest BCUT2D eigenvalue weighted by Gasteiger charge is -2.15. The summed E-state index contributed by atoms with van der Waals surface area (Å²) in [5.41, 5.74) is 0. The molecule has 0 amide bonds. The van der Waals surface area contributed by atoms with Crippen LogP contribution in [0.15, 0.2) is 60.7 Å². The smallest absolute Gasteiger partial charge is 0.0707 e. The van der Waals surface area contributed by atoms with E-state index >= 15 is 0 Å². The number of aliphatic hydroxyl groups is 1. The quantitative estimate of drug-likeness (QED) is 0.779. The van der Waals surface area contributed by atoms with E-state index in [0.29, 0.717) is 0 Å². The van der Waals surface area contributed by atoms with Crippen LogP contribution in [0.2, 0.25) is 0 Å². The zero-order valence-electron chi connectivity index (χ0n) is 8.38. The Bertz CT molecular complexity index is 360. The second-order valence-corrected chi connectivity index (χ2v) is 5.41. The Morgan fingerprint density at radius 1 is 0.733 bits per heavy atom. The van der Waals surface area contributed by atoms with Crippen LogP contribution in [0, 0.1) is 0 Å². The summed E-state index contributed by atoms with van der Waals surface area (Å²) in [6, 6.07) is 20.4. The first-order valence-electron chi connectivity index (χ1n) is 4.90. The number of aliphatic hydroxyl groups excluding tert-OH is 1. The van der Waals surface area contributed by atoms with Gasteiger partial charge < -0.3 is 5.11 Å². The first-order valence-corrected chi connectivity index (χ1v) is 6.43. The van der Waals surface area contributed by atoms with Crippen molar-refractivity contribution in [3.63, 3.8) is 0 Å². The molecule has 0 saturated carbocycles. The van der Waals surface area contributed by atoms with Crippen LogP contribution in [-0.4, -0.2) is 11.5 Å². The minimum Gasteiger partial charge on any atom is -0.391 e. The Balaban J connectivity index is 2.34. The van der Waals surface area contributed by atoms with Crippen molar-refractivity contribution in [3.8, 4) is 0 Å². The fraction of sp³-hybridized carbons (Fsp3) is 0.0769. The lowest BCUT2D eigenvalue weighted by Crippen LogP contribution is -2.13. The summed E-state index contributed by atoms with van der Waals surface area (Å²) in [5.74, 6) is 0. The van der Waals surface area contributed by atoms with Crippen LogP contribution in [-0.2, 0) is 0 Å². The van der Waals surface area contributed by atoms with E-state index in [4.69, 9.17) is 0 Å². The normalized spacial score (nSPS) is 10.5. The predicted octanol–water partition coefficient (Wildman–Crippen LogP) is 2.07. The molecule has 1 N–H and O–H groups in total. The Kier molecular flexibility index (Phi) is 3.49. The van der Waals surface area contributed by atoms with Crippen LogP contribution >= 0.6 is 7.92 Å². The van der Waals surface area contributed by atoms with E-state index in [2.05, 4.69) is 24.3 Å². The van der Waals surface area contributed by atoms with Crippen molar-refractivity contribution in [2.24, 2.45) is 0 Å². The molecule has 0 saturated heterocycles. The Hall–Kier alpha value is -1.17. The number of hydrogen-bond acceptors (Lipinski definition) is 1. The Labute approximate surface area is 91.1 Å². The van der Waals surface area contributed by atoms with Gasteiger partial charge in [0.1, 0.15) is 0 Å². The molecule has 2 heteroatoms. The third kappa shape index (κ3) is 2.44. The highest BCUT2D eigenvalue weighted by molar-refractivity contribution is 7.72. The zero-order chi connectivity index (χ0) is 10.5. The van der Waals surface area contributed by atoms with Gasteiger partial charge >= 0.3 is 0 Å². The lowest BCUT2D eigenvalue weighted by atomic mass is 10.4. The van der Waals surface area contributed by atoms with Gasteiger partial charge in [0.05, 0.1) is 6.35 Å². The molecule has 0 aromatic heterocycles. The molecule has 0 aliphatic rings. The molecule has 1 nitrogen and oxygen atoms in total. The topological polar surface area (TPSA) is 20.2 Å². The fourth-order valence-corrected chi connectivity index (χ4v) is 3.22. The molecule has 2 rings (SSSR count). The summed E-state index contributed by atoms with van der Waals surface area (Å²) >= 11 is 0. The summed E-state index contributed by atoms with van der Waals surface area (Å²) in [5, 5.41) is 11.9. The van der Waals surface area contributed by atoms with E-state index in [1.807, 2.05) is 36.4 Å². The van der Waals surface area contributed by atoms with E-state index in [1.165, 1.54) is 10.6 Å². The van der Waals surface area contributed by atoms with Crippen LogP contribution < -0.4 is 10.6 Å². The predicted molar refractivity (Wildman–Crippen MR) is 66.2 cm³/mol. The summed E-state index contributed by atoms with van der Waals surface area (Å²) < 4.78 is 0. The molecule has 0 atom stereocenters. The maximum Gasteiger partial charge on any atom is 0.0707 e. The van der Waals surface area contributed by atoms with Gasteiger partial charge in [-0.1, -0.05) is 60.7 Å². The molecule has 2 aromatic carbocycles. The monoisotopic (exact) mass is 216 g/mol. The van der Waals surface area contributed by atoms with Gasteiger partial charge in [0.2, 0.25) is 0 Å². The van der Waals surface area contributed by atoms with Gasteiger partial charge in [0, 0.05) is 0 Å². The van der Waals surface area contributed by atoms with Crippen molar-refractivity contribution in [1.29, 1.82) is 0 Å². The Morgan fingerprint density at radius 2 is 1.13 bits per heavy atom. The van der Waals surface area contributed by atoms with Gasteiger partial charge in [-0.25, -0.2) is 0 Å². The molecule has 76 valence electrons. The van der Waals surface area contributed by atoms with Gasteiger partial charge in [-0.05, 0) is 18.5 Å². The van der Waals surface area contributed by atoms with Crippen molar-refractivity contribution >= 4 is 18.5 Å². The fourth-order valence-electron chi connectivity index (χ4n) is 1.53. The molecule has 15 heavy (non-hydrogen) atoms. The number of benzene rings is 2. The molecule has 2 aromatic rings. The molecular formula is C13H13OP. The van der Waals surface area contributed by atoms with Crippen LogP contribution in [0.4, 0.5) is 0 Å². The van der Waals surface area contributed by atoms with Crippen molar-refractivity contribution in [3.05, 3.63) is 60.7 Å². The standard InChI is InChI=1S/C13H13OP/c14-11-15(12-7-3-1-4-8-12)13-9-5-2-6-10-13/h1-10,14H,11H2. The van der Waals surface area contributed by atoms with Crippen LogP contribution in [0.1, 0.15) is 0 Å². The van der Waals surface area contributed by atoms with Crippen molar-refractivity contribution in [1.82, 2.24) is 0 Å². The second kappa shape index (κ2) is 5.06. The molecule has 0 spiro atoms. The molecule has 0 aliphatic carbocycles. The average Bonchev–Trinajstić information content (AvgIpc) is 2.33. The van der Waals surface area contributed by atoms with Gasteiger partial charge in [-0.3, -0.25) is 0 Å². The van der Waals surface area contributed by atoms with Gasteiger partial charge in [-0.15, -0.1) is 0 Å². The molecule has 0 bridgehead atoms. The van der Waals surface area contributed by atoms with Gasteiger partial charge in [0.25, 0.3) is 0 Å². The zero-order valence-corrected chi connectivity index (χ0v) is 9.27. The van der Waals surface area contributed by atoms with Crippen molar-refractivity contribution in [2.45, 2.75) is 0 Å². The van der Waals surface area contributed by atoms with E-state index in [1.54, 1.807) is 0 Å². The third-order valence-electron chi connectivity index (χ3n) is 2.28. The number of hydrogen-bond donors (Lipinski definition) is 1. The Morgan fingerprint density at radius 3 is 1.47 bits per heavy atom. The van der Waals surface area contributed by atoms with Gasteiger partial charge in [0.15, 0.2) is 0 Å². The molecule has 0 aliphatic heterocycles. The summed E-state index contributed by atoms with van der Waals surface area (Å²) in [6.45, 7) is 0. The average molecular weight is 216 g/mol. The van der Waals surface area contributed by atoms with E-state index < -0.39 is 7.92 Å². The first kappa shape index (κ1) is 10.4. The molecular weight excluding hydrogens is 203 g/mol. The molecule has 0 unspecified atom stereocenters. The van der Waals surface area contributed by atoms with Crippen LogP contribution in [0.5, 0.6) is 0 Å². The minimum absolute atomic E-state index is 0.212. The highest BCUT2D eigenvalue weighted by Gasteiger charge is 2.10. The highest BCUT2D eigenvalue weighted by atomic mass is 31.1. The SMILES string of the molecule is OCP(c1ccccc1)c1ccccc1. The van der Waals surface area contributed by atoms with Crippen molar-refractivity contribution < 1.29 is 5.11 Å². The largest absolute Gasteiger partial charge is 0.391 e. The minimum atomic E-state index is -0.593. The van der Waals surface area contributed by atoms with Gasteiger partial charge in [-0.2, -0.15) is 0 Å².